The first-order chi connectivity index (χ1) is 9.88. The average Bonchev–Trinajstić information content (AvgIpc) is 3.10. The van der Waals surface area contributed by atoms with Crippen LogP contribution < -0.4 is 5.32 Å². The highest BCUT2D eigenvalue weighted by atomic mass is 15.1. The molecule has 0 radical (unpaired) electrons. The summed E-state index contributed by atoms with van der Waals surface area (Å²) in [6.45, 7) is 4.02. The third-order valence-corrected chi connectivity index (χ3v) is 4.01. The monoisotopic (exact) mass is 267 g/mol. The van der Waals surface area contributed by atoms with E-state index in [1.54, 1.807) is 6.33 Å². The minimum atomic E-state index is 0.0809. The fraction of sp³-hybridized carbons (Fsp3) is 0.333. The number of benzene rings is 1. The van der Waals surface area contributed by atoms with Gasteiger partial charge in [-0.05, 0) is 19.1 Å². The number of nitrogens with one attached hydrogen (secondary N) is 2. The molecule has 0 saturated carbocycles. The van der Waals surface area contributed by atoms with Crippen molar-refractivity contribution in [2.24, 2.45) is 0 Å². The van der Waals surface area contributed by atoms with Crippen LogP contribution >= 0.6 is 0 Å². The summed E-state index contributed by atoms with van der Waals surface area (Å²) in [4.78, 5) is 12.6. The Hall–Kier alpha value is -2.14. The molecule has 0 saturated heterocycles. The zero-order valence-corrected chi connectivity index (χ0v) is 11.4. The molecular formula is C15H17N5. The SMILES string of the molecule is CCn1c(C2NCCc3[nH]cnc32)nc2ccccc21. The molecule has 0 amide bonds. The Morgan fingerprint density at radius 1 is 1.35 bits per heavy atom. The van der Waals surface area contributed by atoms with Crippen LogP contribution in [-0.4, -0.2) is 26.1 Å². The summed E-state index contributed by atoms with van der Waals surface area (Å²) < 4.78 is 2.27. The highest BCUT2D eigenvalue weighted by molar-refractivity contribution is 5.76. The Labute approximate surface area is 117 Å². The molecule has 0 bridgehead atoms. The lowest BCUT2D eigenvalue weighted by Crippen LogP contribution is -2.32. The summed E-state index contributed by atoms with van der Waals surface area (Å²) >= 11 is 0. The third kappa shape index (κ3) is 1.59. The normalized spacial score (nSPS) is 18.4. The van der Waals surface area contributed by atoms with Gasteiger partial charge in [0.15, 0.2) is 0 Å². The number of aryl methyl sites for hydroxylation is 1. The van der Waals surface area contributed by atoms with Crippen molar-refractivity contribution in [3.05, 3.63) is 47.8 Å². The van der Waals surface area contributed by atoms with Gasteiger partial charge >= 0.3 is 0 Å². The van der Waals surface area contributed by atoms with Crippen LogP contribution in [0.4, 0.5) is 0 Å². The number of aromatic amines is 1. The van der Waals surface area contributed by atoms with E-state index in [1.165, 1.54) is 11.2 Å². The molecule has 20 heavy (non-hydrogen) atoms. The van der Waals surface area contributed by atoms with Crippen molar-refractivity contribution >= 4 is 11.0 Å². The number of para-hydroxylation sites is 2. The van der Waals surface area contributed by atoms with Crippen LogP contribution in [0, 0.1) is 0 Å². The van der Waals surface area contributed by atoms with Crippen molar-refractivity contribution in [3.63, 3.8) is 0 Å². The smallest absolute Gasteiger partial charge is 0.133 e. The van der Waals surface area contributed by atoms with Crippen molar-refractivity contribution in [3.8, 4) is 0 Å². The van der Waals surface area contributed by atoms with Crippen LogP contribution in [0.1, 0.15) is 30.2 Å². The first-order valence-electron chi connectivity index (χ1n) is 7.09. The van der Waals surface area contributed by atoms with Crippen LogP contribution in [0.2, 0.25) is 0 Å². The van der Waals surface area contributed by atoms with Crippen LogP contribution in [-0.2, 0) is 13.0 Å². The van der Waals surface area contributed by atoms with Gasteiger partial charge in [-0.3, -0.25) is 0 Å². The number of rotatable bonds is 2. The average molecular weight is 267 g/mol. The minimum absolute atomic E-state index is 0.0809. The molecule has 1 aliphatic rings. The van der Waals surface area contributed by atoms with E-state index < -0.39 is 0 Å². The second-order valence-electron chi connectivity index (χ2n) is 5.11. The third-order valence-electron chi connectivity index (χ3n) is 4.01. The van der Waals surface area contributed by atoms with Crippen molar-refractivity contribution in [2.45, 2.75) is 25.9 Å². The molecular weight excluding hydrogens is 250 g/mol. The summed E-state index contributed by atoms with van der Waals surface area (Å²) in [5.74, 6) is 1.06. The largest absolute Gasteiger partial charge is 0.348 e. The van der Waals surface area contributed by atoms with E-state index in [2.05, 4.69) is 45.0 Å². The van der Waals surface area contributed by atoms with E-state index in [1.807, 2.05) is 6.07 Å². The Morgan fingerprint density at radius 3 is 3.15 bits per heavy atom. The molecule has 0 aliphatic carbocycles. The lowest BCUT2D eigenvalue weighted by molar-refractivity contribution is 0.511. The van der Waals surface area contributed by atoms with Gasteiger partial charge < -0.3 is 14.9 Å². The number of hydrogen-bond acceptors (Lipinski definition) is 3. The maximum atomic E-state index is 4.83. The molecule has 3 aromatic rings. The predicted octanol–water partition coefficient (Wildman–Crippen LogP) is 2.01. The van der Waals surface area contributed by atoms with E-state index in [0.717, 1.165) is 36.5 Å². The molecule has 1 aliphatic heterocycles. The number of hydrogen-bond donors (Lipinski definition) is 2. The zero-order valence-electron chi connectivity index (χ0n) is 11.4. The molecule has 0 spiro atoms. The Morgan fingerprint density at radius 2 is 2.25 bits per heavy atom. The summed E-state index contributed by atoms with van der Waals surface area (Å²) in [5.41, 5.74) is 4.55. The topological polar surface area (TPSA) is 58.5 Å². The van der Waals surface area contributed by atoms with Crippen LogP contribution in [0.25, 0.3) is 11.0 Å². The maximum Gasteiger partial charge on any atom is 0.133 e. The summed E-state index contributed by atoms with van der Waals surface area (Å²) in [5, 5.41) is 3.55. The molecule has 4 rings (SSSR count). The van der Waals surface area contributed by atoms with Crippen molar-refractivity contribution in [1.29, 1.82) is 0 Å². The van der Waals surface area contributed by atoms with Crippen molar-refractivity contribution < 1.29 is 0 Å². The second kappa shape index (κ2) is 4.45. The quantitative estimate of drug-likeness (QED) is 0.746. The van der Waals surface area contributed by atoms with Crippen LogP contribution in [0.15, 0.2) is 30.6 Å². The fourth-order valence-corrected chi connectivity index (χ4v) is 3.08. The van der Waals surface area contributed by atoms with E-state index in [9.17, 15) is 0 Å². The maximum absolute atomic E-state index is 4.83. The molecule has 5 heteroatoms. The number of H-pyrrole nitrogens is 1. The number of fused-ring (bicyclic) bond motifs is 2. The predicted molar refractivity (Wildman–Crippen MR) is 77.5 cm³/mol. The first-order valence-corrected chi connectivity index (χ1v) is 7.09. The van der Waals surface area contributed by atoms with Gasteiger partial charge in [0.05, 0.1) is 23.1 Å². The van der Waals surface area contributed by atoms with Gasteiger partial charge in [-0.25, -0.2) is 9.97 Å². The molecule has 102 valence electrons. The van der Waals surface area contributed by atoms with E-state index in [-0.39, 0.29) is 6.04 Å². The molecule has 0 fully saturated rings. The van der Waals surface area contributed by atoms with Crippen LogP contribution in [0.3, 0.4) is 0 Å². The fourth-order valence-electron chi connectivity index (χ4n) is 3.08. The zero-order chi connectivity index (χ0) is 13.5. The van der Waals surface area contributed by atoms with Gasteiger partial charge in [0.2, 0.25) is 0 Å². The van der Waals surface area contributed by atoms with Gasteiger partial charge in [-0.1, -0.05) is 12.1 Å². The molecule has 2 N–H and O–H groups in total. The standard InChI is InChI=1S/C15H17N5/c1-2-20-12-6-4-3-5-10(12)19-15(20)14-13-11(7-8-16-14)17-9-18-13/h3-6,9,14,16H,2,7-8H2,1H3,(H,17,18). The van der Waals surface area contributed by atoms with Crippen LogP contribution in [0.5, 0.6) is 0 Å². The van der Waals surface area contributed by atoms with E-state index >= 15 is 0 Å². The lowest BCUT2D eigenvalue weighted by Gasteiger charge is -2.23. The Balaban J connectivity index is 1.91. The van der Waals surface area contributed by atoms with Gasteiger partial charge in [-0.2, -0.15) is 0 Å². The molecule has 1 unspecified atom stereocenters. The highest BCUT2D eigenvalue weighted by Gasteiger charge is 2.28. The highest BCUT2D eigenvalue weighted by Crippen LogP contribution is 2.28. The first kappa shape index (κ1) is 11.7. The summed E-state index contributed by atoms with van der Waals surface area (Å²) in [6.07, 6.45) is 2.78. The molecule has 2 aromatic heterocycles. The molecule has 3 heterocycles. The molecule has 1 aromatic carbocycles. The van der Waals surface area contributed by atoms with E-state index in [4.69, 9.17) is 4.98 Å². The Bertz CT molecular complexity index is 755. The van der Waals surface area contributed by atoms with E-state index in [0.29, 0.717) is 0 Å². The summed E-state index contributed by atoms with van der Waals surface area (Å²) in [7, 11) is 0. The molecule has 5 nitrogen and oxygen atoms in total. The van der Waals surface area contributed by atoms with Gasteiger partial charge in [0.1, 0.15) is 11.9 Å². The Kier molecular flexibility index (Phi) is 2.60. The second-order valence-corrected chi connectivity index (χ2v) is 5.11. The van der Waals surface area contributed by atoms with Gasteiger partial charge in [0, 0.05) is 25.2 Å². The summed E-state index contributed by atoms with van der Waals surface area (Å²) in [6, 6.07) is 8.38. The number of nitrogens with zero attached hydrogens (tertiary/aromatic N) is 3. The van der Waals surface area contributed by atoms with Crippen molar-refractivity contribution in [2.75, 3.05) is 6.54 Å². The lowest BCUT2D eigenvalue weighted by atomic mass is 10.1. The van der Waals surface area contributed by atoms with Gasteiger partial charge in [0.25, 0.3) is 0 Å². The minimum Gasteiger partial charge on any atom is -0.348 e. The van der Waals surface area contributed by atoms with Crippen molar-refractivity contribution in [1.82, 2.24) is 24.8 Å². The van der Waals surface area contributed by atoms with Gasteiger partial charge in [-0.15, -0.1) is 0 Å². The number of aromatic nitrogens is 4. The molecule has 1 atom stereocenters. The number of imidazole rings is 2.